The van der Waals surface area contributed by atoms with Crippen LogP contribution in [0.25, 0.3) is 0 Å². The number of hydrogen-bond donors (Lipinski definition) is 9. The van der Waals surface area contributed by atoms with E-state index in [1.807, 2.05) is 5.38 Å². The zero-order valence-electron chi connectivity index (χ0n) is 37.6. The average Bonchev–Trinajstić information content (AvgIpc) is 3.98. The monoisotopic (exact) mass is 955 g/mol. The molecular formula is C45H65N9O10S2. The molecule has 1 aromatic carbocycles. The van der Waals surface area contributed by atoms with Gasteiger partial charge in [-0.25, -0.2) is 0 Å². The van der Waals surface area contributed by atoms with Gasteiger partial charge in [0, 0.05) is 55.3 Å². The first kappa shape index (κ1) is 53.1. The van der Waals surface area contributed by atoms with Crippen molar-refractivity contribution in [3.8, 4) is 5.75 Å². The third-order valence-electron chi connectivity index (χ3n) is 11.5. The van der Waals surface area contributed by atoms with Crippen LogP contribution < -0.4 is 38.5 Å². The number of ketones is 2. The van der Waals surface area contributed by atoms with Gasteiger partial charge in [0.05, 0.1) is 31.0 Å². The average molecular weight is 956 g/mol. The van der Waals surface area contributed by atoms with Gasteiger partial charge in [0.15, 0.2) is 11.7 Å². The number of aliphatic hydroxyl groups is 1. The van der Waals surface area contributed by atoms with Crippen LogP contribution in [0.2, 0.25) is 0 Å². The van der Waals surface area contributed by atoms with Gasteiger partial charge in [-0.3, -0.25) is 43.3 Å². The molecule has 0 saturated carbocycles. The van der Waals surface area contributed by atoms with Gasteiger partial charge in [0.25, 0.3) is 0 Å². The van der Waals surface area contributed by atoms with Crippen molar-refractivity contribution in [2.24, 2.45) is 39.9 Å². The number of carbonyl (C=O) groups is 8. The van der Waals surface area contributed by atoms with Gasteiger partial charge in [-0.2, -0.15) is 11.8 Å². The predicted octanol–water partition coefficient (Wildman–Crippen LogP) is 0.424. The number of nitrogens with two attached hydrogens (primary N) is 3. The first-order valence-electron chi connectivity index (χ1n) is 22.3. The molecule has 4 rings (SSSR count). The number of aliphatic hydroxyl groups excluding tert-OH is 1. The van der Waals surface area contributed by atoms with Gasteiger partial charge in [-0.05, 0) is 79.3 Å². The molecule has 6 amide bonds. The number of phenols is 1. The SMILES string of the molecule is CC(C)[C@@H]1NC(=O)[C@H](Cc2cccs2)NC(=O)[C@H](Cc2ccc(O)cc2)CC(=O)CCCSC[C@@H](C(=O)N2CCC[C@H]2C(=O)N[C@H](CO)CCCN=C(N)N)CC(=O)[C@H](CC(N)=O)NC1=O. The molecule has 1 aromatic heterocycles. The minimum Gasteiger partial charge on any atom is -0.508 e. The van der Waals surface area contributed by atoms with E-state index in [4.69, 9.17) is 17.2 Å². The van der Waals surface area contributed by atoms with Crippen molar-refractivity contribution in [3.63, 3.8) is 0 Å². The Morgan fingerprint density at radius 3 is 2.30 bits per heavy atom. The number of hydrogen-bond acceptors (Lipinski definition) is 13. The molecule has 2 aliphatic heterocycles. The lowest BCUT2D eigenvalue weighted by Crippen LogP contribution is -2.58. The van der Waals surface area contributed by atoms with E-state index in [-0.39, 0.29) is 62.1 Å². The molecule has 2 fully saturated rings. The molecule has 0 spiro atoms. The molecule has 7 atom stereocenters. The summed E-state index contributed by atoms with van der Waals surface area (Å²) in [5, 5.41) is 32.7. The first-order chi connectivity index (χ1) is 31.4. The van der Waals surface area contributed by atoms with Crippen molar-refractivity contribution in [1.82, 2.24) is 26.2 Å². The Balaban J connectivity index is 1.63. The minimum absolute atomic E-state index is 0.0316. The number of primary amides is 1. The molecule has 19 nitrogen and oxygen atoms in total. The third kappa shape index (κ3) is 17.0. The fourth-order valence-corrected chi connectivity index (χ4v) is 9.78. The van der Waals surface area contributed by atoms with E-state index >= 15 is 0 Å². The van der Waals surface area contributed by atoms with Crippen molar-refractivity contribution in [2.75, 3.05) is 31.2 Å². The standard InChI is InChI=1S/C45H65N9O10S2/c1-26(2)39-43(63)51-34(23-38(46)59)37(58)21-29(44(64)54-16-4-10-36(54)42(62)50-30(24-55)7-3-15-49-45(47)48)25-65-17-5-8-32(57)20-28(19-27-11-13-31(56)14-12-27)40(60)52-35(41(61)53-39)22-33-9-6-18-66-33/h6,9,11-14,18,26,28-30,34-36,39,55-56H,3-5,7-8,10,15-17,19-25H2,1-2H3,(H2,46,59)(H,50,62)(H,51,63)(H,52,60)(H,53,61)(H4,47,48,49)/t28-,29+,30+,34+,35+,36+,39+/m1/s1. The molecular weight excluding hydrogens is 891 g/mol. The summed E-state index contributed by atoms with van der Waals surface area (Å²) in [4.78, 5) is 117. The van der Waals surface area contributed by atoms with Crippen LogP contribution in [0.4, 0.5) is 0 Å². The Morgan fingerprint density at radius 2 is 1.65 bits per heavy atom. The lowest BCUT2D eigenvalue weighted by Gasteiger charge is -2.30. The molecule has 2 saturated heterocycles. The van der Waals surface area contributed by atoms with Gasteiger partial charge >= 0.3 is 0 Å². The number of nitrogens with zero attached hydrogens (tertiary/aromatic N) is 2. The summed E-state index contributed by atoms with van der Waals surface area (Å²) >= 11 is 2.69. The Labute approximate surface area is 393 Å². The van der Waals surface area contributed by atoms with Crippen molar-refractivity contribution in [2.45, 2.75) is 115 Å². The highest BCUT2D eigenvalue weighted by atomic mass is 32.2. The van der Waals surface area contributed by atoms with Gasteiger partial charge < -0.3 is 53.6 Å². The number of likely N-dealkylation sites (tertiary alicyclic amines) is 1. The van der Waals surface area contributed by atoms with Crippen molar-refractivity contribution in [1.29, 1.82) is 0 Å². The number of guanidine groups is 1. The van der Waals surface area contributed by atoms with Gasteiger partial charge in [0.2, 0.25) is 35.4 Å². The molecule has 21 heteroatoms. The number of thioether (sulfide) groups is 1. The second-order valence-corrected chi connectivity index (χ2v) is 19.4. The van der Waals surface area contributed by atoms with Crippen molar-refractivity contribution in [3.05, 3.63) is 52.2 Å². The quantitative estimate of drug-likeness (QED) is 0.0665. The Hall–Kier alpha value is -5.54. The maximum Gasteiger partial charge on any atom is 0.243 e. The number of nitrogens with one attached hydrogen (secondary N) is 4. The summed E-state index contributed by atoms with van der Waals surface area (Å²) in [7, 11) is 0. The Kier molecular flexibility index (Phi) is 21.4. The molecule has 0 aliphatic carbocycles. The number of Topliss-reactive ketones (excluding diaryl/α,β-unsaturated/α-hetero) is 2. The Bertz CT molecular complexity index is 2010. The molecule has 0 radical (unpaired) electrons. The van der Waals surface area contributed by atoms with Crippen LogP contribution in [0.15, 0.2) is 46.8 Å². The number of amides is 6. The van der Waals surface area contributed by atoms with E-state index in [1.165, 1.54) is 40.1 Å². The van der Waals surface area contributed by atoms with Gasteiger partial charge in [-0.15, -0.1) is 11.3 Å². The predicted molar refractivity (Wildman–Crippen MR) is 251 cm³/mol. The Morgan fingerprint density at radius 1 is 0.924 bits per heavy atom. The number of benzene rings is 1. The molecule has 66 heavy (non-hydrogen) atoms. The van der Waals surface area contributed by atoms with Gasteiger partial charge in [-0.1, -0.05) is 32.0 Å². The minimum atomic E-state index is -1.47. The molecule has 362 valence electrons. The number of thiophene rings is 1. The highest BCUT2D eigenvalue weighted by Gasteiger charge is 2.40. The van der Waals surface area contributed by atoms with Crippen LogP contribution in [0.3, 0.4) is 0 Å². The molecule has 3 heterocycles. The largest absolute Gasteiger partial charge is 0.508 e. The fourth-order valence-electron chi connectivity index (χ4n) is 7.97. The summed E-state index contributed by atoms with van der Waals surface area (Å²) < 4.78 is 0. The molecule has 0 unspecified atom stereocenters. The number of carbonyl (C=O) groups excluding carboxylic acids is 8. The van der Waals surface area contributed by atoms with E-state index in [0.717, 1.165) is 4.88 Å². The number of aromatic hydroxyl groups is 1. The topological polar surface area (TPSA) is 319 Å². The highest BCUT2D eigenvalue weighted by molar-refractivity contribution is 7.99. The van der Waals surface area contributed by atoms with E-state index in [2.05, 4.69) is 26.3 Å². The second-order valence-electron chi connectivity index (χ2n) is 17.2. The lowest BCUT2D eigenvalue weighted by atomic mass is 9.91. The fraction of sp³-hybridized carbons (Fsp3) is 0.578. The summed E-state index contributed by atoms with van der Waals surface area (Å²) in [5.74, 6) is -6.81. The number of aliphatic imine (C=N–C) groups is 1. The van der Waals surface area contributed by atoms with E-state index in [1.54, 1.807) is 38.1 Å². The van der Waals surface area contributed by atoms with Crippen LogP contribution in [0, 0.1) is 17.8 Å². The van der Waals surface area contributed by atoms with Crippen LogP contribution in [-0.4, -0.2) is 129 Å². The summed E-state index contributed by atoms with van der Waals surface area (Å²) in [6.45, 7) is 3.50. The summed E-state index contributed by atoms with van der Waals surface area (Å²) in [5.41, 5.74) is 17.1. The molecule has 2 aromatic rings. The lowest BCUT2D eigenvalue weighted by molar-refractivity contribution is -0.143. The third-order valence-corrected chi connectivity index (χ3v) is 13.6. The van der Waals surface area contributed by atoms with Crippen LogP contribution in [0.5, 0.6) is 5.75 Å². The highest BCUT2D eigenvalue weighted by Crippen LogP contribution is 2.26. The van der Waals surface area contributed by atoms with Crippen molar-refractivity contribution >= 4 is 76.1 Å². The maximum absolute atomic E-state index is 14.4. The van der Waals surface area contributed by atoms with E-state index in [0.29, 0.717) is 50.0 Å². The maximum atomic E-state index is 14.4. The molecule has 0 bridgehead atoms. The van der Waals surface area contributed by atoms with Crippen molar-refractivity contribution < 1.29 is 48.6 Å². The molecule has 2 aliphatic rings. The van der Waals surface area contributed by atoms with Crippen LogP contribution >= 0.6 is 23.1 Å². The van der Waals surface area contributed by atoms with E-state index < -0.39 is 102 Å². The number of phenolic OH excluding ortho intramolecular Hbond substituents is 1. The summed E-state index contributed by atoms with van der Waals surface area (Å²) in [6.07, 6.45) is 1.16. The first-order valence-corrected chi connectivity index (χ1v) is 24.4. The van der Waals surface area contributed by atoms with Crippen LogP contribution in [0.1, 0.15) is 82.1 Å². The number of rotatable bonds is 15. The zero-order chi connectivity index (χ0) is 48.3. The zero-order valence-corrected chi connectivity index (χ0v) is 39.2. The van der Waals surface area contributed by atoms with Crippen LogP contribution in [-0.2, 0) is 51.2 Å². The summed E-state index contributed by atoms with van der Waals surface area (Å²) in [6, 6.07) is 4.43. The normalized spacial score (nSPS) is 23.6. The van der Waals surface area contributed by atoms with E-state index in [9.17, 15) is 48.6 Å². The molecule has 12 N–H and O–H groups in total. The smallest absolute Gasteiger partial charge is 0.243 e. The second kappa shape index (κ2) is 26.6. The van der Waals surface area contributed by atoms with Gasteiger partial charge in [0.1, 0.15) is 29.7 Å².